The molecule has 2 aromatic carbocycles. The highest BCUT2D eigenvalue weighted by Crippen LogP contribution is 2.20. The summed E-state index contributed by atoms with van der Waals surface area (Å²) in [5, 5.41) is 0.492. The van der Waals surface area contributed by atoms with Crippen LogP contribution in [0, 0.1) is 3.57 Å². The van der Waals surface area contributed by atoms with Crippen molar-refractivity contribution in [3.8, 4) is 0 Å². The molecular weight excluding hydrogens is 475 g/mol. The van der Waals surface area contributed by atoms with Crippen LogP contribution in [0.25, 0.3) is 0 Å². The predicted molar refractivity (Wildman–Crippen MR) is 105 cm³/mol. The minimum atomic E-state index is -3.56. The van der Waals surface area contributed by atoms with Gasteiger partial charge in [0, 0.05) is 40.3 Å². The van der Waals surface area contributed by atoms with Gasteiger partial charge in [-0.05, 0) is 71.1 Å². The molecule has 0 bridgehead atoms. The van der Waals surface area contributed by atoms with Crippen molar-refractivity contribution in [2.75, 3.05) is 26.2 Å². The molecular formula is C17H16ClIN2O3S. The molecule has 1 aliphatic heterocycles. The average Bonchev–Trinajstić information content (AvgIpc) is 2.62. The lowest BCUT2D eigenvalue weighted by Crippen LogP contribution is -2.50. The zero-order chi connectivity index (χ0) is 18.0. The third kappa shape index (κ3) is 4.16. The smallest absolute Gasteiger partial charge is 0.253 e. The summed E-state index contributed by atoms with van der Waals surface area (Å²) in [4.78, 5) is 14.4. The molecule has 0 atom stereocenters. The highest BCUT2D eigenvalue weighted by molar-refractivity contribution is 14.1. The molecule has 0 radical (unpaired) electrons. The fourth-order valence-corrected chi connectivity index (χ4v) is 4.57. The lowest BCUT2D eigenvalue weighted by Gasteiger charge is -2.34. The van der Waals surface area contributed by atoms with Gasteiger partial charge in [0.15, 0.2) is 0 Å². The van der Waals surface area contributed by atoms with E-state index in [1.165, 1.54) is 16.4 Å². The van der Waals surface area contributed by atoms with E-state index in [0.29, 0.717) is 23.7 Å². The van der Waals surface area contributed by atoms with Crippen LogP contribution >= 0.6 is 34.2 Å². The maximum atomic E-state index is 12.7. The van der Waals surface area contributed by atoms with Gasteiger partial charge in [-0.25, -0.2) is 8.42 Å². The summed E-state index contributed by atoms with van der Waals surface area (Å²) >= 11 is 8.00. The van der Waals surface area contributed by atoms with E-state index in [0.717, 1.165) is 3.57 Å². The number of hydrogen-bond acceptors (Lipinski definition) is 3. The number of nitrogens with zero attached hydrogens (tertiary/aromatic N) is 2. The second-order valence-electron chi connectivity index (χ2n) is 5.66. The Morgan fingerprint density at radius 1 is 0.920 bits per heavy atom. The minimum Gasteiger partial charge on any atom is -0.336 e. The number of rotatable bonds is 3. The first-order valence-corrected chi connectivity index (χ1v) is 10.6. The Bertz CT molecular complexity index is 862. The fraction of sp³-hybridized carbons (Fsp3) is 0.235. The van der Waals surface area contributed by atoms with Gasteiger partial charge in [-0.1, -0.05) is 11.6 Å². The first-order valence-electron chi connectivity index (χ1n) is 7.68. The van der Waals surface area contributed by atoms with Gasteiger partial charge in [-0.15, -0.1) is 0 Å². The first kappa shape index (κ1) is 18.6. The second-order valence-corrected chi connectivity index (χ2v) is 9.28. The van der Waals surface area contributed by atoms with Crippen LogP contribution in [0.4, 0.5) is 0 Å². The number of carbonyl (C=O) groups is 1. The van der Waals surface area contributed by atoms with Crippen LogP contribution < -0.4 is 0 Å². The van der Waals surface area contributed by atoms with Crippen molar-refractivity contribution in [1.82, 2.24) is 9.21 Å². The molecule has 1 amide bonds. The molecule has 0 aromatic heterocycles. The lowest BCUT2D eigenvalue weighted by molar-refractivity contribution is 0.0698. The van der Waals surface area contributed by atoms with E-state index in [2.05, 4.69) is 22.6 Å². The van der Waals surface area contributed by atoms with Crippen LogP contribution in [0.15, 0.2) is 53.4 Å². The Balaban J connectivity index is 1.68. The van der Waals surface area contributed by atoms with Crippen LogP contribution in [0.5, 0.6) is 0 Å². The summed E-state index contributed by atoms with van der Waals surface area (Å²) in [5.74, 6) is -0.0695. The second kappa shape index (κ2) is 7.61. The van der Waals surface area contributed by atoms with Gasteiger partial charge >= 0.3 is 0 Å². The van der Waals surface area contributed by atoms with Crippen LogP contribution in [-0.2, 0) is 10.0 Å². The van der Waals surface area contributed by atoms with E-state index in [-0.39, 0.29) is 23.9 Å². The summed E-state index contributed by atoms with van der Waals surface area (Å²) in [6.45, 7) is 1.30. The maximum absolute atomic E-state index is 12.7. The fourth-order valence-electron chi connectivity index (χ4n) is 2.66. The third-order valence-electron chi connectivity index (χ3n) is 4.07. The largest absolute Gasteiger partial charge is 0.336 e. The number of benzene rings is 2. The first-order chi connectivity index (χ1) is 11.9. The molecule has 3 rings (SSSR count). The predicted octanol–water partition coefficient (Wildman–Crippen LogP) is 3.09. The van der Waals surface area contributed by atoms with Crippen molar-refractivity contribution in [1.29, 1.82) is 0 Å². The van der Waals surface area contributed by atoms with Gasteiger partial charge in [0.05, 0.1) is 4.90 Å². The summed E-state index contributed by atoms with van der Waals surface area (Å²) in [6.07, 6.45) is 0. The molecule has 1 saturated heterocycles. The number of hydrogen-bond donors (Lipinski definition) is 0. The number of amides is 1. The number of sulfonamides is 1. The standard InChI is InChI=1S/C17H16ClIN2O3S/c18-14-3-7-16(8-4-14)25(23,24)21-11-9-20(10-12-21)17(22)13-1-5-15(19)6-2-13/h1-8H,9-12H2. The summed E-state index contributed by atoms with van der Waals surface area (Å²) in [5.41, 5.74) is 0.620. The van der Waals surface area contributed by atoms with E-state index < -0.39 is 10.0 Å². The highest BCUT2D eigenvalue weighted by atomic mass is 127. The van der Waals surface area contributed by atoms with Gasteiger partial charge in [0.2, 0.25) is 10.0 Å². The number of carbonyl (C=O) groups excluding carboxylic acids is 1. The van der Waals surface area contributed by atoms with E-state index in [9.17, 15) is 13.2 Å². The molecule has 132 valence electrons. The zero-order valence-electron chi connectivity index (χ0n) is 13.2. The third-order valence-corrected chi connectivity index (χ3v) is 6.95. The monoisotopic (exact) mass is 490 g/mol. The normalized spacial score (nSPS) is 16.0. The molecule has 1 fully saturated rings. The summed E-state index contributed by atoms with van der Waals surface area (Å²) < 4.78 is 27.8. The Morgan fingerprint density at radius 3 is 2.04 bits per heavy atom. The van der Waals surface area contributed by atoms with E-state index in [1.807, 2.05) is 12.1 Å². The van der Waals surface area contributed by atoms with Crippen molar-refractivity contribution >= 4 is 50.1 Å². The topological polar surface area (TPSA) is 57.7 Å². The van der Waals surface area contributed by atoms with E-state index in [1.54, 1.807) is 29.2 Å². The quantitative estimate of drug-likeness (QED) is 0.622. The lowest BCUT2D eigenvalue weighted by atomic mass is 10.2. The summed E-state index contributed by atoms with van der Waals surface area (Å²) in [6, 6.07) is 13.5. The Kier molecular flexibility index (Phi) is 5.67. The van der Waals surface area contributed by atoms with E-state index >= 15 is 0 Å². The molecule has 1 aliphatic rings. The van der Waals surface area contributed by atoms with Crippen molar-refractivity contribution in [2.45, 2.75) is 4.90 Å². The van der Waals surface area contributed by atoms with Crippen LogP contribution in [-0.4, -0.2) is 49.7 Å². The zero-order valence-corrected chi connectivity index (χ0v) is 17.0. The number of piperazine rings is 1. The molecule has 1 heterocycles. The van der Waals surface area contributed by atoms with Gasteiger partial charge < -0.3 is 4.90 Å². The van der Waals surface area contributed by atoms with Crippen molar-refractivity contribution < 1.29 is 13.2 Å². The molecule has 0 N–H and O–H groups in total. The van der Waals surface area contributed by atoms with Gasteiger partial charge in [-0.2, -0.15) is 4.31 Å². The number of halogens is 2. The van der Waals surface area contributed by atoms with Crippen molar-refractivity contribution in [3.63, 3.8) is 0 Å². The molecule has 0 saturated carbocycles. The maximum Gasteiger partial charge on any atom is 0.253 e. The minimum absolute atomic E-state index is 0.0695. The van der Waals surface area contributed by atoms with Crippen LogP contribution in [0.3, 0.4) is 0 Å². The van der Waals surface area contributed by atoms with Gasteiger partial charge in [0.1, 0.15) is 0 Å². The van der Waals surface area contributed by atoms with Crippen LogP contribution in [0.1, 0.15) is 10.4 Å². The van der Waals surface area contributed by atoms with Crippen molar-refractivity contribution in [2.24, 2.45) is 0 Å². The van der Waals surface area contributed by atoms with E-state index in [4.69, 9.17) is 11.6 Å². The Morgan fingerprint density at radius 2 is 1.48 bits per heavy atom. The molecule has 0 unspecified atom stereocenters. The van der Waals surface area contributed by atoms with Gasteiger partial charge in [0.25, 0.3) is 5.91 Å². The Labute approximate surface area is 165 Å². The SMILES string of the molecule is O=C(c1ccc(I)cc1)N1CCN(S(=O)(=O)c2ccc(Cl)cc2)CC1. The van der Waals surface area contributed by atoms with Gasteiger partial charge in [-0.3, -0.25) is 4.79 Å². The molecule has 8 heteroatoms. The molecule has 2 aromatic rings. The molecule has 25 heavy (non-hydrogen) atoms. The molecule has 0 aliphatic carbocycles. The summed E-state index contributed by atoms with van der Waals surface area (Å²) in [7, 11) is -3.56. The highest BCUT2D eigenvalue weighted by Gasteiger charge is 2.30. The van der Waals surface area contributed by atoms with Crippen molar-refractivity contribution in [3.05, 3.63) is 62.7 Å². The molecule has 5 nitrogen and oxygen atoms in total. The average molecular weight is 491 g/mol. The van der Waals surface area contributed by atoms with Crippen LogP contribution in [0.2, 0.25) is 5.02 Å². The Hall–Kier alpha value is -1.16. The molecule has 0 spiro atoms.